The first-order valence-corrected chi connectivity index (χ1v) is 11.0. The van der Waals surface area contributed by atoms with Gasteiger partial charge >= 0.3 is 12.1 Å². The Labute approximate surface area is 192 Å². The topological polar surface area (TPSA) is 44.1 Å². The SMILES string of the molecule is CC.Cc1cc(-c2cnn(CC(=O)OC(C)(C)C)c2)c2c(c1)C(C(F)(F)F)c1ccccc1-2. The minimum atomic E-state index is -4.40. The Morgan fingerprint density at radius 1 is 1.06 bits per heavy atom. The number of halogens is 3. The van der Waals surface area contributed by atoms with Crippen LogP contribution in [-0.2, 0) is 16.1 Å². The Morgan fingerprint density at radius 3 is 2.36 bits per heavy atom. The van der Waals surface area contributed by atoms with Crippen molar-refractivity contribution in [2.45, 2.75) is 65.8 Å². The minimum absolute atomic E-state index is 0.0763. The number of nitrogens with zero attached hydrogens (tertiary/aromatic N) is 2. The standard InChI is InChI=1S/C24H23F3N2O2.C2H6/c1-14-9-18(15-11-28-29(12-15)13-20(30)31-23(2,3)4)21-16-7-5-6-8-17(16)22(19(21)10-14)24(25,26)27;1-2/h5-12,22H,13H2,1-4H3;1-2H3. The van der Waals surface area contributed by atoms with Crippen molar-refractivity contribution in [2.75, 3.05) is 0 Å². The molecule has 33 heavy (non-hydrogen) atoms. The van der Waals surface area contributed by atoms with Crippen molar-refractivity contribution in [3.05, 3.63) is 65.5 Å². The predicted octanol–water partition coefficient (Wildman–Crippen LogP) is 6.90. The van der Waals surface area contributed by atoms with E-state index in [4.69, 9.17) is 4.74 Å². The fraction of sp³-hybridized carbons (Fsp3) is 0.385. The fourth-order valence-corrected chi connectivity index (χ4v) is 4.16. The lowest BCUT2D eigenvalue weighted by molar-refractivity contribution is -0.155. The lowest BCUT2D eigenvalue weighted by atomic mass is 9.91. The largest absolute Gasteiger partial charge is 0.459 e. The van der Waals surface area contributed by atoms with Gasteiger partial charge in [-0.3, -0.25) is 9.48 Å². The summed E-state index contributed by atoms with van der Waals surface area (Å²) in [4.78, 5) is 12.1. The van der Waals surface area contributed by atoms with Crippen molar-refractivity contribution in [1.29, 1.82) is 0 Å². The molecule has 0 aliphatic heterocycles. The van der Waals surface area contributed by atoms with Gasteiger partial charge in [0.2, 0.25) is 0 Å². The highest BCUT2D eigenvalue weighted by molar-refractivity contribution is 5.92. The lowest BCUT2D eigenvalue weighted by Crippen LogP contribution is -2.26. The summed E-state index contributed by atoms with van der Waals surface area (Å²) < 4.78 is 48.8. The van der Waals surface area contributed by atoms with Crippen LogP contribution in [0.3, 0.4) is 0 Å². The van der Waals surface area contributed by atoms with E-state index in [2.05, 4.69) is 5.10 Å². The van der Waals surface area contributed by atoms with Gasteiger partial charge in [0.15, 0.2) is 0 Å². The Morgan fingerprint density at radius 2 is 1.73 bits per heavy atom. The van der Waals surface area contributed by atoms with E-state index in [1.165, 1.54) is 4.68 Å². The van der Waals surface area contributed by atoms with Crippen LogP contribution < -0.4 is 0 Å². The van der Waals surface area contributed by atoms with Gasteiger partial charge in [-0.05, 0) is 55.5 Å². The Bertz CT molecular complexity index is 1160. The fourth-order valence-electron chi connectivity index (χ4n) is 4.16. The van der Waals surface area contributed by atoms with E-state index in [0.29, 0.717) is 22.3 Å². The average Bonchev–Trinajstić information content (AvgIpc) is 3.29. The zero-order chi connectivity index (χ0) is 24.6. The molecule has 0 amide bonds. The molecule has 4 nitrogen and oxygen atoms in total. The first-order valence-electron chi connectivity index (χ1n) is 11.0. The van der Waals surface area contributed by atoms with Crippen LogP contribution in [0.25, 0.3) is 22.3 Å². The van der Waals surface area contributed by atoms with Crippen LogP contribution in [0.5, 0.6) is 0 Å². The number of hydrogen-bond donors (Lipinski definition) is 0. The maximum Gasteiger partial charge on any atom is 0.399 e. The number of aryl methyl sites for hydroxylation is 1. The molecule has 3 aromatic rings. The Kier molecular flexibility index (Phi) is 6.73. The van der Waals surface area contributed by atoms with E-state index in [0.717, 1.165) is 5.56 Å². The van der Waals surface area contributed by atoms with Crippen LogP contribution in [0.15, 0.2) is 48.8 Å². The van der Waals surface area contributed by atoms with E-state index in [9.17, 15) is 18.0 Å². The van der Waals surface area contributed by atoms with Crippen LogP contribution in [0, 0.1) is 6.92 Å². The molecule has 2 aromatic carbocycles. The summed E-state index contributed by atoms with van der Waals surface area (Å²) in [6.07, 6.45) is -1.15. The second-order valence-corrected chi connectivity index (χ2v) is 8.85. The molecule has 1 heterocycles. The molecule has 1 aromatic heterocycles. The molecular formula is C26H29F3N2O2. The molecule has 0 fully saturated rings. The second kappa shape index (κ2) is 9.04. The van der Waals surface area contributed by atoms with Gasteiger partial charge in [0.05, 0.1) is 6.20 Å². The number of esters is 1. The summed E-state index contributed by atoms with van der Waals surface area (Å²) in [7, 11) is 0. The van der Waals surface area contributed by atoms with Crippen molar-refractivity contribution in [2.24, 2.45) is 0 Å². The third-order valence-electron chi connectivity index (χ3n) is 5.15. The van der Waals surface area contributed by atoms with E-state index in [-0.39, 0.29) is 17.7 Å². The van der Waals surface area contributed by atoms with Gasteiger partial charge in [-0.2, -0.15) is 18.3 Å². The summed E-state index contributed by atoms with van der Waals surface area (Å²) in [5.41, 5.74) is 3.11. The smallest absolute Gasteiger partial charge is 0.399 e. The van der Waals surface area contributed by atoms with E-state index >= 15 is 0 Å². The van der Waals surface area contributed by atoms with Crippen molar-refractivity contribution < 1.29 is 22.7 Å². The maximum atomic E-state index is 14.0. The number of ether oxygens (including phenoxy) is 1. The average molecular weight is 459 g/mol. The summed E-state index contributed by atoms with van der Waals surface area (Å²) in [5, 5.41) is 4.24. The number of alkyl halides is 3. The maximum absolute atomic E-state index is 14.0. The summed E-state index contributed by atoms with van der Waals surface area (Å²) in [6, 6.07) is 10.1. The van der Waals surface area contributed by atoms with Gasteiger partial charge in [-0.15, -0.1) is 0 Å². The number of hydrogen-bond acceptors (Lipinski definition) is 3. The first-order chi connectivity index (χ1) is 15.4. The molecule has 1 unspecified atom stereocenters. The highest BCUT2D eigenvalue weighted by Gasteiger charge is 2.48. The molecule has 0 bridgehead atoms. The zero-order valence-corrected chi connectivity index (χ0v) is 19.7. The van der Waals surface area contributed by atoms with Gasteiger partial charge in [0, 0.05) is 11.8 Å². The number of fused-ring (bicyclic) bond motifs is 3. The first kappa shape index (κ1) is 24.6. The van der Waals surface area contributed by atoms with Crippen molar-refractivity contribution in [3.63, 3.8) is 0 Å². The van der Waals surface area contributed by atoms with Crippen LogP contribution in [0.2, 0.25) is 0 Å². The highest BCUT2D eigenvalue weighted by atomic mass is 19.4. The summed E-state index contributed by atoms with van der Waals surface area (Å²) >= 11 is 0. The number of rotatable bonds is 3. The van der Waals surface area contributed by atoms with Gasteiger partial charge in [0.1, 0.15) is 18.1 Å². The molecule has 1 aliphatic rings. The second-order valence-electron chi connectivity index (χ2n) is 8.85. The molecule has 7 heteroatoms. The van der Waals surface area contributed by atoms with E-state index < -0.39 is 23.7 Å². The van der Waals surface area contributed by atoms with Crippen LogP contribution in [0.1, 0.15) is 57.2 Å². The lowest BCUT2D eigenvalue weighted by Gasteiger charge is -2.19. The number of carbonyl (C=O) groups is 1. The third-order valence-corrected chi connectivity index (χ3v) is 5.15. The molecule has 0 saturated carbocycles. The molecule has 0 radical (unpaired) electrons. The van der Waals surface area contributed by atoms with Gasteiger partial charge in [-0.1, -0.05) is 55.8 Å². The van der Waals surface area contributed by atoms with Crippen LogP contribution in [-0.4, -0.2) is 27.5 Å². The molecular weight excluding hydrogens is 429 g/mol. The van der Waals surface area contributed by atoms with Crippen molar-refractivity contribution in [1.82, 2.24) is 9.78 Å². The Balaban J connectivity index is 0.00000149. The van der Waals surface area contributed by atoms with E-state index in [1.807, 2.05) is 19.9 Å². The van der Waals surface area contributed by atoms with Crippen molar-refractivity contribution >= 4 is 5.97 Å². The number of carbonyl (C=O) groups excluding carboxylic acids is 1. The molecule has 0 saturated heterocycles. The third kappa shape index (κ3) is 5.13. The van der Waals surface area contributed by atoms with Gasteiger partial charge < -0.3 is 4.74 Å². The monoisotopic (exact) mass is 458 g/mol. The molecule has 0 N–H and O–H groups in total. The molecule has 176 valence electrons. The zero-order valence-electron chi connectivity index (χ0n) is 19.7. The normalized spacial score (nSPS) is 14.8. The molecule has 0 spiro atoms. The van der Waals surface area contributed by atoms with Gasteiger partial charge in [0.25, 0.3) is 0 Å². The van der Waals surface area contributed by atoms with Crippen LogP contribution >= 0.6 is 0 Å². The number of benzene rings is 2. The van der Waals surface area contributed by atoms with E-state index in [1.54, 1.807) is 70.4 Å². The summed E-state index contributed by atoms with van der Waals surface area (Å²) in [5.74, 6) is -2.09. The minimum Gasteiger partial charge on any atom is -0.459 e. The highest BCUT2D eigenvalue weighted by Crippen LogP contribution is 2.54. The van der Waals surface area contributed by atoms with Gasteiger partial charge in [-0.25, -0.2) is 0 Å². The predicted molar refractivity (Wildman–Crippen MR) is 123 cm³/mol. The Hall–Kier alpha value is -3.09. The molecule has 1 aliphatic carbocycles. The molecule has 4 rings (SSSR count). The summed E-state index contributed by atoms with van der Waals surface area (Å²) in [6.45, 7) is 11.1. The van der Waals surface area contributed by atoms with Crippen LogP contribution in [0.4, 0.5) is 13.2 Å². The quantitative estimate of drug-likeness (QED) is 0.401. The van der Waals surface area contributed by atoms with Crippen molar-refractivity contribution in [3.8, 4) is 22.3 Å². The molecule has 1 atom stereocenters. The number of aromatic nitrogens is 2.